The number of ether oxygens (including phenoxy) is 1. The second kappa shape index (κ2) is 19.0. The average Bonchev–Trinajstić information content (AvgIpc) is 3.87. The summed E-state index contributed by atoms with van der Waals surface area (Å²) in [5, 5.41) is 17.9. The van der Waals surface area contributed by atoms with Crippen molar-refractivity contribution < 1.29 is 28.2 Å². The van der Waals surface area contributed by atoms with Gasteiger partial charge in [-0.05, 0) is 131 Å². The molecule has 6 saturated heterocycles. The number of imidazole rings is 1. The number of carbonyl (C=O) groups excluding carboxylic acids is 2. The van der Waals surface area contributed by atoms with E-state index in [0.717, 1.165) is 101 Å². The maximum Gasteiger partial charge on any atom is 0.329 e. The number of aryl methyl sites for hydroxylation is 1. The minimum atomic E-state index is -0.734. The first kappa shape index (κ1) is 47.3. The van der Waals surface area contributed by atoms with Gasteiger partial charge in [0.2, 0.25) is 11.8 Å². The highest BCUT2D eigenvalue weighted by molar-refractivity contribution is 6.03. The summed E-state index contributed by atoms with van der Waals surface area (Å²) in [4.78, 5) is 62.0. The number of hydrogen-bond donors (Lipinski definition) is 3. The summed E-state index contributed by atoms with van der Waals surface area (Å²) in [6.07, 6.45) is 16.7. The molecule has 0 radical (unpaired) electrons. The molecule has 12 rings (SSSR count). The van der Waals surface area contributed by atoms with Crippen molar-refractivity contribution >= 4 is 56.0 Å². The van der Waals surface area contributed by atoms with Gasteiger partial charge in [-0.3, -0.25) is 33.9 Å². The second-order valence-corrected chi connectivity index (χ2v) is 21.5. The highest BCUT2D eigenvalue weighted by Gasteiger charge is 2.39. The van der Waals surface area contributed by atoms with E-state index in [1.54, 1.807) is 22.4 Å². The lowest BCUT2D eigenvalue weighted by molar-refractivity contribution is -0.135. The molecule has 6 fully saturated rings. The standard InChI is InChI=1S/C55H61F2N11O5/c1-3-38-41(56)10-7-34-27-37(69)28-39(46(34)38)48-47(57)49-40(29-58-48)51(67-31-35-8-9-36(32-67)59-35)62-53(61-49)73-26-25-64-21-15-55(16-22-64)17-23-65(24-18-55)30-33-13-19-66(20-14-33)42-5-4-6-43-50(42)63(2)54(72)68(43)44-11-12-45(70)60-52(44)71/h1,4-7,10,27-29,33,35-36,44,59,69H,8-9,11-26,30-32H2,2H3,(H,60,70,71). The molecule has 3 N–H and O–H groups in total. The number of rotatable bonds is 10. The van der Waals surface area contributed by atoms with Gasteiger partial charge in [0.1, 0.15) is 41.2 Å². The summed E-state index contributed by atoms with van der Waals surface area (Å²) < 4.78 is 41.6. The minimum absolute atomic E-state index is 0.0335. The number of phenolic OH excluding ortho intramolecular Hbond substituents is 1. The van der Waals surface area contributed by atoms with Crippen molar-refractivity contribution in [2.24, 2.45) is 18.4 Å². The number of aromatic nitrogens is 5. The normalized spacial score (nSPS) is 23.0. The number of imide groups is 1. The van der Waals surface area contributed by atoms with E-state index in [9.17, 15) is 19.5 Å². The van der Waals surface area contributed by atoms with Crippen LogP contribution in [0.1, 0.15) is 75.8 Å². The molecule has 16 nitrogen and oxygen atoms in total. The maximum absolute atomic E-state index is 17.1. The molecule has 0 aliphatic carbocycles. The van der Waals surface area contributed by atoms with Gasteiger partial charge in [0, 0.05) is 82.0 Å². The summed E-state index contributed by atoms with van der Waals surface area (Å²) in [6.45, 7) is 9.48. The number of fused-ring (bicyclic) bond motifs is 5. The molecule has 3 aromatic carbocycles. The van der Waals surface area contributed by atoms with Gasteiger partial charge >= 0.3 is 11.7 Å². The van der Waals surface area contributed by atoms with Gasteiger partial charge in [0.05, 0.1) is 27.7 Å². The summed E-state index contributed by atoms with van der Waals surface area (Å²) in [6, 6.07) is 11.5. The predicted molar refractivity (Wildman–Crippen MR) is 275 cm³/mol. The monoisotopic (exact) mass is 993 g/mol. The molecule has 18 heteroatoms. The van der Waals surface area contributed by atoms with Crippen molar-refractivity contribution in [3.8, 4) is 35.4 Å². The first-order valence-electron chi connectivity index (χ1n) is 26.1. The number of piperidine rings is 4. The first-order valence-corrected chi connectivity index (χ1v) is 26.1. The zero-order valence-electron chi connectivity index (χ0n) is 41.2. The van der Waals surface area contributed by atoms with E-state index >= 15 is 8.78 Å². The smallest absolute Gasteiger partial charge is 0.329 e. The van der Waals surface area contributed by atoms with E-state index < -0.39 is 23.6 Å². The number of terminal acetylenes is 1. The van der Waals surface area contributed by atoms with E-state index in [4.69, 9.17) is 16.1 Å². The van der Waals surface area contributed by atoms with Crippen LogP contribution >= 0.6 is 0 Å². The molecule has 3 atom stereocenters. The van der Waals surface area contributed by atoms with Crippen molar-refractivity contribution in [2.75, 3.05) is 81.9 Å². The molecule has 3 unspecified atom stereocenters. The molecule has 2 bridgehead atoms. The number of benzene rings is 3. The molecule has 6 aromatic rings. The minimum Gasteiger partial charge on any atom is -0.508 e. The predicted octanol–water partition coefficient (Wildman–Crippen LogP) is 5.86. The van der Waals surface area contributed by atoms with E-state index in [2.05, 4.69) is 52.2 Å². The quantitative estimate of drug-likeness (QED) is 0.111. The Bertz CT molecular complexity index is 3260. The third-order valence-corrected chi connectivity index (χ3v) is 17.2. The maximum atomic E-state index is 17.1. The molecule has 6 aliphatic rings. The van der Waals surface area contributed by atoms with Crippen LogP contribution < -0.4 is 30.9 Å². The molecule has 6 aliphatic heterocycles. The van der Waals surface area contributed by atoms with Gasteiger partial charge in [0.25, 0.3) is 0 Å². The Hall–Kier alpha value is -6.68. The number of hydrogen-bond acceptors (Lipinski definition) is 13. The Morgan fingerprint density at radius 1 is 0.890 bits per heavy atom. The number of aromatic hydroxyl groups is 1. The molecule has 9 heterocycles. The number of amides is 2. The van der Waals surface area contributed by atoms with Crippen LogP contribution in [0.15, 0.2) is 53.5 Å². The lowest BCUT2D eigenvalue weighted by atomic mass is 9.71. The van der Waals surface area contributed by atoms with Gasteiger partial charge in [-0.2, -0.15) is 9.97 Å². The Labute approximate surface area is 421 Å². The van der Waals surface area contributed by atoms with Crippen LogP contribution in [0.25, 0.3) is 44.0 Å². The number of nitrogens with zero attached hydrogens (tertiary/aromatic N) is 9. The fourth-order valence-corrected chi connectivity index (χ4v) is 13.1. The van der Waals surface area contributed by atoms with Crippen LogP contribution in [-0.2, 0) is 16.6 Å². The Balaban J connectivity index is 0.668. The van der Waals surface area contributed by atoms with Gasteiger partial charge in [0.15, 0.2) is 5.82 Å². The second-order valence-electron chi connectivity index (χ2n) is 21.5. The Morgan fingerprint density at radius 2 is 1.63 bits per heavy atom. The average molecular weight is 994 g/mol. The highest BCUT2D eigenvalue weighted by atomic mass is 19.1. The number of pyridine rings is 1. The fourth-order valence-electron chi connectivity index (χ4n) is 13.1. The molecule has 0 saturated carbocycles. The summed E-state index contributed by atoms with van der Waals surface area (Å²) in [7, 11) is 1.77. The van der Waals surface area contributed by atoms with Crippen LogP contribution in [0.3, 0.4) is 0 Å². The van der Waals surface area contributed by atoms with Crippen LogP contribution in [0.4, 0.5) is 20.3 Å². The van der Waals surface area contributed by atoms with Crippen LogP contribution in [0, 0.1) is 35.3 Å². The van der Waals surface area contributed by atoms with Gasteiger partial charge in [-0.1, -0.05) is 18.1 Å². The van der Waals surface area contributed by atoms with E-state index in [1.165, 1.54) is 37.1 Å². The molecular formula is C55H61F2N11O5. The lowest BCUT2D eigenvalue weighted by Gasteiger charge is -2.47. The van der Waals surface area contributed by atoms with Crippen molar-refractivity contribution in [1.29, 1.82) is 0 Å². The lowest BCUT2D eigenvalue weighted by Crippen LogP contribution is -2.51. The molecule has 1 spiro atoms. The third-order valence-electron chi connectivity index (χ3n) is 17.2. The third kappa shape index (κ3) is 8.72. The number of para-hydroxylation sites is 1. The number of carbonyl (C=O) groups is 2. The number of halogens is 2. The topological polar surface area (TPSA) is 166 Å². The van der Waals surface area contributed by atoms with Crippen LogP contribution in [0.2, 0.25) is 0 Å². The van der Waals surface area contributed by atoms with Gasteiger partial charge < -0.3 is 29.9 Å². The first-order chi connectivity index (χ1) is 35.4. The van der Waals surface area contributed by atoms with Crippen LogP contribution in [-0.4, -0.2) is 135 Å². The Kier molecular flexibility index (Phi) is 12.3. The van der Waals surface area contributed by atoms with E-state index in [1.807, 2.05) is 12.1 Å². The summed E-state index contributed by atoms with van der Waals surface area (Å²) >= 11 is 0. The molecular weight excluding hydrogens is 933 g/mol. The number of piperazine rings is 1. The molecule has 380 valence electrons. The number of anilines is 2. The van der Waals surface area contributed by atoms with Crippen molar-refractivity contribution in [2.45, 2.75) is 82.3 Å². The SMILES string of the molecule is C#Cc1c(F)ccc2cc(O)cc(-c3ncc4c(N5CC6CCC(C5)N6)nc(OCCN5CCC6(CC5)CCN(CC5CCN(c7cccc8c7n(C)c(=O)n8C7CCC(=O)NC7=O)CC5)CC6)nc4c3F)c12. The van der Waals surface area contributed by atoms with Gasteiger partial charge in [-0.25, -0.2) is 13.6 Å². The number of phenols is 1. The zero-order chi connectivity index (χ0) is 50.1. The summed E-state index contributed by atoms with van der Waals surface area (Å²) in [5.74, 6) is 1.36. The van der Waals surface area contributed by atoms with Gasteiger partial charge in [-0.15, -0.1) is 6.42 Å². The Morgan fingerprint density at radius 3 is 2.36 bits per heavy atom. The molecule has 73 heavy (non-hydrogen) atoms. The molecule has 2 amide bonds. The highest BCUT2D eigenvalue weighted by Crippen LogP contribution is 2.43. The van der Waals surface area contributed by atoms with Crippen LogP contribution in [0.5, 0.6) is 11.8 Å². The van der Waals surface area contributed by atoms with Crippen molar-refractivity contribution in [1.82, 2.24) is 44.5 Å². The fraction of sp³-hybridized carbons (Fsp3) is 0.491. The number of nitrogens with one attached hydrogen (secondary N) is 2. The largest absolute Gasteiger partial charge is 0.508 e. The zero-order valence-corrected chi connectivity index (χ0v) is 41.2. The van der Waals surface area contributed by atoms with Crippen molar-refractivity contribution in [3.05, 3.63) is 76.3 Å². The van der Waals surface area contributed by atoms with E-state index in [0.29, 0.717) is 72.7 Å². The number of likely N-dealkylation sites (tertiary alicyclic amines) is 2. The molecule has 3 aromatic heterocycles. The van der Waals surface area contributed by atoms with E-state index in [-0.39, 0.29) is 57.5 Å². The summed E-state index contributed by atoms with van der Waals surface area (Å²) in [5.41, 5.74) is 2.71. The van der Waals surface area contributed by atoms with Crippen molar-refractivity contribution in [3.63, 3.8) is 0 Å².